The molecular weight excluding hydrogens is 340 g/mol. The van der Waals surface area contributed by atoms with Gasteiger partial charge in [0, 0.05) is 6.54 Å². The second kappa shape index (κ2) is 10.8. The topological polar surface area (TPSA) is 44.4 Å². The Bertz CT molecular complexity index is 484. The van der Waals surface area contributed by atoms with E-state index in [4.69, 9.17) is 0 Å². The zero-order chi connectivity index (χ0) is 15.2. The third kappa shape index (κ3) is 7.97. The van der Waals surface area contributed by atoms with Crippen LogP contribution in [-0.2, 0) is 4.79 Å². The van der Waals surface area contributed by atoms with Crippen LogP contribution in [-0.4, -0.2) is 44.5 Å². The highest BCUT2D eigenvalue weighted by atomic mass is 35.5. The second-order valence-corrected chi connectivity index (χ2v) is 5.91. The number of amides is 1. The zero-order valence-electron chi connectivity index (χ0n) is 13.5. The van der Waals surface area contributed by atoms with E-state index in [1.165, 1.54) is 25.0 Å². The summed E-state index contributed by atoms with van der Waals surface area (Å²) in [4.78, 5) is 13.8. The van der Waals surface area contributed by atoms with Gasteiger partial charge in [-0.2, -0.15) is 0 Å². The fourth-order valence-electron chi connectivity index (χ4n) is 2.30. The number of nitrogens with one attached hydrogen (secondary N) is 2. The normalized spacial score (nSPS) is 14.6. The van der Waals surface area contributed by atoms with Crippen LogP contribution in [0.4, 0.5) is 4.39 Å². The van der Waals surface area contributed by atoms with Gasteiger partial charge in [0.25, 0.3) is 0 Å². The van der Waals surface area contributed by atoms with Gasteiger partial charge in [0.15, 0.2) is 0 Å². The van der Waals surface area contributed by atoms with Gasteiger partial charge in [0.2, 0.25) is 5.91 Å². The molecule has 1 aliphatic carbocycles. The van der Waals surface area contributed by atoms with Gasteiger partial charge in [-0.25, -0.2) is 4.39 Å². The van der Waals surface area contributed by atoms with Crippen molar-refractivity contribution in [1.82, 2.24) is 15.5 Å². The molecule has 23 heavy (non-hydrogen) atoms. The maximum Gasteiger partial charge on any atom is 0.234 e. The van der Waals surface area contributed by atoms with Crippen molar-refractivity contribution in [2.75, 3.05) is 33.7 Å². The highest BCUT2D eigenvalue weighted by Gasteiger charge is 2.21. The van der Waals surface area contributed by atoms with Crippen LogP contribution < -0.4 is 10.6 Å². The standard InChI is InChI=1S/C16H24FN3O.2ClH/c1-20(2)15(13-4-3-5-14(17)8-13)10-19-16(21)11-18-9-12-6-7-12;;/h3-5,8,12,15,18H,6-7,9-11H2,1-2H3,(H,19,21);2*1H. The molecule has 4 nitrogen and oxygen atoms in total. The van der Waals surface area contributed by atoms with Gasteiger partial charge in [-0.15, -0.1) is 24.8 Å². The molecule has 2 N–H and O–H groups in total. The fraction of sp³-hybridized carbons (Fsp3) is 0.562. The summed E-state index contributed by atoms with van der Waals surface area (Å²) in [6, 6.07) is 6.48. The summed E-state index contributed by atoms with van der Waals surface area (Å²) in [6.07, 6.45) is 2.55. The summed E-state index contributed by atoms with van der Waals surface area (Å²) in [5.41, 5.74) is 0.867. The molecule has 0 bridgehead atoms. The van der Waals surface area contributed by atoms with E-state index in [1.807, 2.05) is 25.1 Å². The molecule has 1 unspecified atom stereocenters. The van der Waals surface area contributed by atoms with Gasteiger partial charge < -0.3 is 15.5 Å². The molecule has 2 rings (SSSR count). The molecule has 0 heterocycles. The van der Waals surface area contributed by atoms with Gasteiger partial charge in [0.05, 0.1) is 12.6 Å². The van der Waals surface area contributed by atoms with Crippen molar-refractivity contribution in [3.05, 3.63) is 35.6 Å². The minimum Gasteiger partial charge on any atom is -0.353 e. The predicted molar refractivity (Wildman–Crippen MR) is 95.9 cm³/mol. The summed E-state index contributed by atoms with van der Waals surface area (Å²) < 4.78 is 13.3. The Balaban J connectivity index is 0.00000242. The zero-order valence-corrected chi connectivity index (χ0v) is 15.2. The lowest BCUT2D eigenvalue weighted by Gasteiger charge is -2.25. The lowest BCUT2D eigenvalue weighted by Crippen LogP contribution is -2.39. The van der Waals surface area contributed by atoms with E-state index in [0.29, 0.717) is 13.1 Å². The number of carbonyl (C=O) groups is 1. The molecule has 7 heteroatoms. The van der Waals surface area contributed by atoms with Crippen molar-refractivity contribution in [3.63, 3.8) is 0 Å². The van der Waals surface area contributed by atoms with Crippen LogP contribution in [0.2, 0.25) is 0 Å². The van der Waals surface area contributed by atoms with E-state index in [1.54, 1.807) is 6.07 Å². The Morgan fingerprint density at radius 3 is 2.61 bits per heavy atom. The molecule has 1 aliphatic rings. The van der Waals surface area contributed by atoms with E-state index in [2.05, 4.69) is 10.6 Å². The first-order valence-electron chi connectivity index (χ1n) is 7.45. The number of nitrogens with zero attached hydrogens (tertiary/aromatic N) is 1. The molecule has 132 valence electrons. The van der Waals surface area contributed by atoms with Gasteiger partial charge in [-0.05, 0) is 57.1 Å². The second-order valence-electron chi connectivity index (χ2n) is 5.91. The first-order valence-corrected chi connectivity index (χ1v) is 7.45. The molecule has 1 atom stereocenters. The summed E-state index contributed by atoms with van der Waals surface area (Å²) in [7, 11) is 3.85. The summed E-state index contributed by atoms with van der Waals surface area (Å²) in [5, 5.41) is 6.07. The molecule has 1 saturated carbocycles. The van der Waals surface area contributed by atoms with Crippen LogP contribution in [0.15, 0.2) is 24.3 Å². The lowest BCUT2D eigenvalue weighted by atomic mass is 10.1. The Hall–Kier alpha value is -0.880. The number of hydrogen-bond acceptors (Lipinski definition) is 3. The van der Waals surface area contributed by atoms with Crippen molar-refractivity contribution in [2.24, 2.45) is 5.92 Å². The van der Waals surface area contributed by atoms with Crippen LogP contribution >= 0.6 is 24.8 Å². The summed E-state index contributed by atoms with van der Waals surface area (Å²) in [6.45, 7) is 1.74. The Morgan fingerprint density at radius 1 is 1.35 bits per heavy atom. The van der Waals surface area contributed by atoms with E-state index in [9.17, 15) is 9.18 Å². The SMILES string of the molecule is CN(C)C(CNC(=O)CNCC1CC1)c1cccc(F)c1.Cl.Cl. The molecule has 0 radical (unpaired) electrons. The molecular formula is C16H26Cl2FN3O. The van der Waals surface area contributed by atoms with Crippen LogP contribution in [0, 0.1) is 11.7 Å². The van der Waals surface area contributed by atoms with Crippen LogP contribution in [0.5, 0.6) is 0 Å². The monoisotopic (exact) mass is 365 g/mol. The summed E-state index contributed by atoms with van der Waals surface area (Å²) >= 11 is 0. The first-order chi connectivity index (χ1) is 10.1. The average Bonchev–Trinajstić information content (AvgIpc) is 3.23. The Labute approximate surface area is 150 Å². The van der Waals surface area contributed by atoms with Crippen molar-refractivity contribution in [3.8, 4) is 0 Å². The highest BCUT2D eigenvalue weighted by Crippen LogP contribution is 2.27. The van der Waals surface area contributed by atoms with E-state index < -0.39 is 0 Å². The van der Waals surface area contributed by atoms with Crippen molar-refractivity contribution >= 4 is 30.7 Å². The van der Waals surface area contributed by atoms with Crippen LogP contribution in [0.3, 0.4) is 0 Å². The Kier molecular flexibility index (Phi) is 10.4. The molecule has 1 aromatic carbocycles. The average molecular weight is 366 g/mol. The Morgan fingerprint density at radius 2 is 2.04 bits per heavy atom. The third-order valence-corrected chi connectivity index (χ3v) is 3.76. The minimum atomic E-state index is -0.253. The van der Waals surface area contributed by atoms with Gasteiger partial charge in [-0.3, -0.25) is 4.79 Å². The maximum absolute atomic E-state index is 13.3. The molecule has 1 fully saturated rings. The van der Waals surface area contributed by atoms with Crippen molar-refractivity contribution in [1.29, 1.82) is 0 Å². The quantitative estimate of drug-likeness (QED) is 0.743. The van der Waals surface area contributed by atoms with Crippen molar-refractivity contribution in [2.45, 2.75) is 18.9 Å². The molecule has 0 aliphatic heterocycles. The number of carbonyl (C=O) groups excluding carboxylic acids is 1. The largest absolute Gasteiger partial charge is 0.353 e. The minimum absolute atomic E-state index is 0. The number of halogens is 3. The van der Waals surface area contributed by atoms with E-state index >= 15 is 0 Å². The van der Waals surface area contributed by atoms with E-state index in [0.717, 1.165) is 18.0 Å². The third-order valence-electron chi connectivity index (χ3n) is 3.76. The molecule has 0 saturated heterocycles. The molecule has 1 amide bonds. The van der Waals surface area contributed by atoms with Crippen molar-refractivity contribution < 1.29 is 9.18 Å². The summed E-state index contributed by atoms with van der Waals surface area (Å²) in [5.74, 6) is 0.496. The molecule has 1 aromatic rings. The maximum atomic E-state index is 13.3. The number of hydrogen-bond donors (Lipinski definition) is 2. The molecule has 0 spiro atoms. The number of benzene rings is 1. The first kappa shape index (κ1) is 22.1. The smallest absolute Gasteiger partial charge is 0.234 e. The van der Waals surface area contributed by atoms with Crippen LogP contribution in [0.25, 0.3) is 0 Å². The fourth-order valence-corrected chi connectivity index (χ4v) is 2.30. The lowest BCUT2D eigenvalue weighted by molar-refractivity contribution is -0.120. The molecule has 0 aromatic heterocycles. The van der Waals surface area contributed by atoms with Gasteiger partial charge in [-0.1, -0.05) is 12.1 Å². The van der Waals surface area contributed by atoms with Gasteiger partial charge >= 0.3 is 0 Å². The predicted octanol–water partition coefficient (Wildman–Crippen LogP) is 2.39. The number of likely N-dealkylation sites (N-methyl/N-ethyl adjacent to an activating group) is 1. The highest BCUT2D eigenvalue weighted by molar-refractivity contribution is 5.85. The number of rotatable bonds is 8. The van der Waals surface area contributed by atoms with E-state index in [-0.39, 0.29) is 42.6 Å². The van der Waals surface area contributed by atoms with Crippen LogP contribution in [0.1, 0.15) is 24.4 Å². The van der Waals surface area contributed by atoms with Gasteiger partial charge in [0.1, 0.15) is 5.82 Å².